The molecule has 0 heterocycles. The number of carboxylic acids is 1. The van der Waals surface area contributed by atoms with Crippen molar-refractivity contribution in [3.63, 3.8) is 0 Å². The first-order valence-corrected chi connectivity index (χ1v) is 11.0. The van der Waals surface area contributed by atoms with Crippen LogP contribution in [0.4, 0.5) is 4.79 Å². The number of nitrogens with one attached hydrogen (secondary N) is 1. The van der Waals surface area contributed by atoms with E-state index in [0.29, 0.717) is 25.8 Å². The molecule has 0 fully saturated rings. The zero-order valence-corrected chi connectivity index (χ0v) is 18.5. The standard InChI is InChI=1S/C25H30N2O5/c1-3-22(24(30)27(2)15-9-8-14-23(28)29)26-25(31)32-16-21-19-12-6-4-10-17(19)18-11-5-7-13-20(18)21/h4-7,10-13,21-22H,3,8-9,14-16H2,1-2H3,(H,26,31)(H,28,29)/t22-/m0/s1. The van der Waals surface area contributed by atoms with Crippen LogP contribution in [-0.2, 0) is 14.3 Å². The van der Waals surface area contributed by atoms with E-state index in [1.54, 1.807) is 7.05 Å². The van der Waals surface area contributed by atoms with E-state index in [4.69, 9.17) is 9.84 Å². The first kappa shape index (κ1) is 23.3. The van der Waals surface area contributed by atoms with Crippen LogP contribution in [0.2, 0.25) is 0 Å². The summed E-state index contributed by atoms with van der Waals surface area (Å²) < 4.78 is 5.54. The van der Waals surface area contributed by atoms with Crippen molar-refractivity contribution >= 4 is 18.0 Å². The molecule has 2 aromatic rings. The Balaban J connectivity index is 1.54. The van der Waals surface area contributed by atoms with E-state index in [1.807, 2.05) is 31.2 Å². The van der Waals surface area contributed by atoms with Gasteiger partial charge < -0.3 is 20.1 Å². The fourth-order valence-electron chi connectivity index (χ4n) is 4.12. The highest BCUT2D eigenvalue weighted by Gasteiger charge is 2.30. The summed E-state index contributed by atoms with van der Waals surface area (Å²) in [5.74, 6) is -1.10. The average Bonchev–Trinajstić information content (AvgIpc) is 3.12. The number of rotatable bonds is 10. The van der Waals surface area contributed by atoms with Crippen molar-refractivity contribution < 1.29 is 24.2 Å². The van der Waals surface area contributed by atoms with Crippen molar-refractivity contribution in [3.8, 4) is 11.1 Å². The summed E-state index contributed by atoms with van der Waals surface area (Å²) in [6.45, 7) is 2.45. The topological polar surface area (TPSA) is 95.9 Å². The Morgan fingerprint density at radius 2 is 1.62 bits per heavy atom. The van der Waals surface area contributed by atoms with Gasteiger partial charge in [0.2, 0.25) is 5.91 Å². The maximum atomic E-state index is 12.7. The predicted molar refractivity (Wildman–Crippen MR) is 121 cm³/mol. The molecule has 0 spiro atoms. The number of carboxylic acid groups (broad SMARTS) is 1. The zero-order valence-electron chi connectivity index (χ0n) is 18.5. The number of benzene rings is 2. The minimum Gasteiger partial charge on any atom is -0.481 e. The normalized spacial score (nSPS) is 13.1. The van der Waals surface area contributed by atoms with E-state index in [1.165, 1.54) is 4.90 Å². The Bertz CT molecular complexity index is 929. The number of unbranched alkanes of at least 4 members (excludes halogenated alkanes) is 1. The van der Waals surface area contributed by atoms with Gasteiger partial charge in [-0.2, -0.15) is 0 Å². The van der Waals surface area contributed by atoms with E-state index in [9.17, 15) is 14.4 Å². The molecule has 0 aromatic heterocycles. The fourth-order valence-corrected chi connectivity index (χ4v) is 4.12. The molecule has 2 aromatic carbocycles. The van der Waals surface area contributed by atoms with Crippen LogP contribution in [0.1, 0.15) is 49.7 Å². The SMILES string of the molecule is CC[C@H](NC(=O)OCC1c2ccccc2-c2ccccc21)C(=O)N(C)CCCCC(=O)O. The van der Waals surface area contributed by atoms with Gasteiger partial charge in [-0.1, -0.05) is 55.5 Å². The molecule has 0 saturated heterocycles. The molecule has 7 nitrogen and oxygen atoms in total. The molecule has 170 valence electrons. The Labute approximate surface area is 188 Å². The highest BCUT2D eigenvalue weighted by Crippen LogP contribution is 2.44. The Morgan fingerprint density at radius 1 is 1.03 bits per heavy atom. The van der Waals surface area contributed by atoms with Gasteiger partial charge in [0.1, 0.15) is 12.6 Å². The van der Waals surface area contributed by atoms with Gasteiger partial charge in [0.25, 0.3) is 0 Å². The van der Waals surface area contributed by atoms with Crippen molar-refractivity contribution in [2.24, 2.45) is 0 Å². The number of amides is 2. The van der Waals surface area contributed by atoms with Crippen LogP contribution in [0.25, 0.3) is 11.1 Å². The fraction of sp³-hybridized carbons (Fsp3) is 0.400. The lowest BCUT2D eigenvalue weighted by Gasteiger charge is -2.24. The monoisotopic (exact) mass is 438 g/mol. The van der Waals surface area contributed by atoms with E-state index in [2.05, 4.69) is 29.6 Å². The van der Waals surface area contributed by atoms with Crippen LogP contribution >= 0.6 is 0 Å². The van der Waals surface area contributed by atoms with E-state index >= 15 is 0 Å². The van der Waals surface area contributed by atoms with Crippen LogP contribution < -0.4 is 5.32 Å². The number of aliphatic carboxylic acids is 1. The van der Waals surface area contributed by atoms with Gasteiger partial charge in [-0.25, -0.2) is 4.79 Å². The molecule has 0 unspecified atom stereocenters. The molecular weight excluding hydrogens is 408 g/mol. The molecule has 0 radical (unpaired) electrons. The number of hydrogen-bond donors (Lipinski definition) is 2. The van der Waals surface area contributed by atoms with E-state index in [0.717, 1.165) is 22.3 Å². The lowest BCUT2D eigenvalue weighted by atomic mass is 9.98. The largest absolute Gasteiger partial charge is 0.481 e. The van der Waals surface area contributed by atoms with Gasteiger partial charge in [-0.3, -0.25) is 9.59 Å². The summed E-state index contributed by atoms with van der Waals surface area (Å²) in [6.07, 6.45) is 0.991. The Hall–Kier alpha value is -3.35. The van der Waals surface area contributed by atoms with Crippen molar-refractivity contribution in [2.45, 2.75) is 44.6 Å². The van der Waals surface area contributed by atoms with E-state index in [-0.39, 0.29) is 24.9 Å². The van der Waals surface area contributed by atoms with Gasteiger partial charge in [0, 0.05) is 25.9 Å². The van der Waals surface area contributed by atoms with Crippen molar-refractivity contribution in [2.75, 3.05) is 20.2 Å². The summed E-state index contributed by atoms with van der Waals surface area (Å²) in [7, 11) is 1.66. The van der Waals surface area contributed by atoms with Crippen LogP contribution in [-0.4, -0.2) is 54.2 Å². The van der Waals surface area contributed by atoms with Crippen molar-refractivity contribution in [1.82, 2.24) is 10.2 Å². The third-order valence-electron chi connectivity index (χ3n) is 5.85. The quantitative estimate of drug-likeness (QED) is 0.546. The summed E-state index contributed by atoms with van der Waals surface area (Å²) >= 11 is 0. The molecule has 1 atom stereocenters. The zero-order chi connectivity index (χ0) is 23.1. The third kappa shape index (κ3) is 5.46. The predicted octanol–water partition coefficient (Wildman–Crippen LogP) is 4.02. The summed E-state index contributed by atoms with van der Waals surface area (Å²) in [5, 5.41) is 11.4. The molecule has 0 bridgehead atoms. The molecular formula is C25H30N2O5. The van der Waals surface area contributed by atoms with E-state index < -0.39 is 18.1 Å². The van der Waals surface area contributed by atoms with Crippen molar-refractivity contribution in [3.05, 3.63) is 59.7 Å². The lowest BCUT2D eigenvalue weighted by Crippen LogP contribution is -2.47. The average molecular weight is 439 g/mol. The van der Waals surface area contributed by atoms with Crippen LogP contribution in [0.5, 0.6) is 0 Å². The highest BCUT2D eigenvalue weighted by molar-refractivity contribution is 5.85. The molecule has 1 aliphatic rings. The van der Waals surface area contributed by atoms with Crippen molar-refractivity contribution in [1.29, 1.82) is 0 Å². The number of carbonyl (C=O) groups excluding carboxylic acids is 2. The van der Waals surface area contributed by atoms with Crippen LogP contribution in [0, 0.1) is 0 Å². The molecule has 3 rings (SSSR count). The maximum Gasteiger partial charge on any atom is 0.407 e. The number of alkyl carbamates (subject to hydrolysis) is 1. The minimum absolute atomic E-state index is 0.0409. The number of nitrogens with zero attached hydrogens (tertiary/aromatic N) is 1. The van der Waals surface area contributed by atoms with Gasteiger partial charge in [-0.15, -0.1) is 0 Å². The van der Waals surface area contributed by atoms with Gasteiger partial charge in [-0.05, 0) is 41.5 Å². The Kier molecular flexibility index (Phi) is 7.87. The second kappa shape index (κ2) is 10.8. The smallest absolute Gasteiger partial charge is 0.407 e. The molecule has 0 aliphatic heterocycles. The van der Waals surface area contributed by atoms with Gasteiger partial charge in [0.15, 0.2) is 0 Å². The number of hydrogen-bond acceptors (Lipinski definition) is 4. The highest BCUT2D eigenvalue weighted by atomic mass is 16.5. The number of carbonyl (C=O) groups is 3. The number of ether oxygens (including phenoxy) is 1. The molecule has 7 heteroatoms. The first-order chi connectivity index (χ1) is 15.4. The van der Waals surface area contributed by atoms with Gasteiger partial charge in [0.05, 0.1) is 0 Å². The van der Waals surface area contributed by atoms with Crippen LogP contribution in [0.3, 0.4) is 0 Å². The minimum atomic E-state index is -0.845. The number of fused-ring (bicyclic) bond motifs is 3. The molecule has 1 aliphatic carbocycles. The second-order valence-electron chi connectivity index (χ2n) is 8.04. The Morgan fingerprint density at radius 3 is 2.19 bits per heavy atom. The van der Waals surface area contributed by atoms with Gasteiger partial charge >= 0.3 is 12.1 Å². The molecule has 32 heavy (non-hydrogen) atoms. The van der Waals surface area contributed by atoms with Crippen LogP contribution in [0.15, 0.2) is 48.5 Å². The third-order valence-corrected chi connectivity index (χ3v) is 5.85. The molecule has 2 amide bonds. The summed E-state index contributed by atoms with van der Waals surface area (Å²) in [4.78, 5) is 37.3. The molecule has 2 N–H and O–H groups in total. The summed E-state index contributed by atoms with van der Waals surface area (Å²) in [5.41, 5.74) is 4.57. The second-order valence-corrected chi connectivity index (χ2v) is 8.04. The lowest BCUT2D eigenvalue weighted by molar-refractivity contribution is -0.137. The maximum absolute atomic E-state index is 12.7. The molecule has 0 saturated carbocycles. The number of likely N-dealkylation sites (N-methyl/N-ethyl adjacent to an activating group) is 1. The first-order valence-electron chi connectivity index (χ1n) is 11.0. The summed E-state index contributed by atoms with van der Waals surface area (Å²) in [6, 6.07) is 15.5.